The number of nitrogens with one attached hydrogen (secondary N) is 2. The summed E-state index contributed by atoms with van der Waals surface area (Å²) in [6, 6.07) is -0.572. The van der Waals surface area contributed by atoms with E-state index in [9.17, 15) is 4.79 Å². The Morgan fingerprint density at radius 3 is 2.79 bits per heavy atom. The standard InChI is InChI=1S/C12H21N3O4/c1-3-4-8-19-15(12(17)14-10-16)7-5-6-11(9-13)18-2/h5-7,9,13,16H,3-4,8,10H2,1-2H3,(H,14,17)/b7-5+,11-6+,13-9?. The maximum absolute atomic E-state index is 11.5. The smallest absolute Gasteiger partial charge is 0.347 e. The van der Waals surface area contributed by atoms with Crippen molar-refractivity contribution in [2.24, 2.45) is 0 Å². The molecule has 0 spiro atoms. The van der Waals surface area contributed by atoms with Gasteiger partial charge in [0, 0.05) is 6.20 Å². The number of amides is 2. The lowest BCUT2D eigenvalue weighted by molar-refractivity contribution is -0.0825. The Kier molecular flexibility index (Phi) is 10.1. The van der Waals surface area contributed by atoms with Crippen molar-refractivity contribution in [2.45, 2.75) is 19.8 Å². The van der Waals surface area contributed by atoms with Crippen LogP contribution >= 0.6 is 0 Å². The third-order valence-corrected chi connectivity index (χ3v) is 2.02. The fourth-order valence-corrected chi connectivity index (χ4v) is 1.01. The highest BCUT2D eigenvalue weighted by atomic mass is 16.7. The summed E-state index contributed by atoms with van der Waals surface area (Å²) in [7, 11) is 1.44. The first-order valence-electron chi connectivity index (χ1n) is 5.93. The lowest BCUT2D eigenvalue weighted by atomic mass is 10.4. The van der Waals surface area contributed by atoms with Crippen LogP contribution in [0, 0.1) is 5.41 Å². The Hall–Kier alpha value is -1.86. The van der Waals surface area contributed by atoms with Gasteiger partial charge in [0.2, 0.25) is 0 Å². The van der Waals surface area contributed by atoms with Crippen LogP contribution in [-0.4, -0.2) is 42.9 Å². The van der Waals surface area contributed by atoms with E-state index in [1.807, 2.05) is 6.92 Å². The molecular formula is C12H21N3O4. The predicted molar refractivity (Wildman–Crippen MR) is 71.3 cm³/mol. The number of unbranched alkanes of at least 4 members (excludes halogenated alkanes) is 1. The lowest BCUT2D eigenvalue weighted by Gasteiger charge is -2.17. The number of allylic oxidation sites excluding steroid dienone is 3. The second kappa shape index (κ2) is 11.2. The van der Waals surface area contributed by atoms with Crippen molar-refractivity contribution in [1.29, 1.82) is 5.41 Å². The molecule has 7 heteroatoms. The SMILES string of the molecule is CCCCON(/C=C/C=C(\C=N)OC)C(=O)NCO. The molecule has 0 aliphatic carbocycles. The largest absolute Gasteiger partial charge is 0.495 e. The van der Waals surface area contributed by atoms with Gasteiger partial charge in [0.1, 0.15) is 12.5 Å². The van der Waals surface area contributed by atoms with Crippen LogP contribution in [0.15, 0.2) is 24.1 Å². The second-order valence-electron chi connectivity index (χ2n) is 3.41. The highest BCUT2D eigenvalue weighted by Crippen LogP contribution is 1.99. The van der Waals surface area contributed by atoms with Gasteiger partial charge in [-0.3, -0.25) is 4.84 Å². The summed E-state index contributed by atoms with van der Waals surface area (Å²) in [6.07, 6.45) is 7.20. The molecule has 0 atom stereocenters. The molecule has 0 heterocycles. The molecule has 0 fully saturated rings. The molecule has 0 aliphatic heterocycles. The van der Waals surface area contributed by atoms with Gasteiger partial charge in [-0.1, -0.05) is 13.3 Å². The first-order valence-corrected chi connectivity index (χ1v) is 5.93. The quantitative estimate of drug-likeness (QED) is 0.147. The zero-order valence-electron chi connectivity index (χ0n) is 11.3. The molecule has 7 nitrogen and oxygen atoms in total. The van der Waals surface area contributed by atoms with Crippen molar-refractivity contribution >= 4 is 12.2 Å². The van der Waals surface area contributed by atoms with E-state index in [-0.39, 0.29) is 0 Å². The zero-order chi connectivity index (χ0) is 14.5. The van der Waals surface area contributed by atoms with E-state index < -0.39 is 12.8 Å². The molecule has 0 bridgehead atoms. The van der Waals surface area contributed by atoms with Crippen molar-refractivity contribution in [3.05, 3.63) is 24.1 Å². The normalized spacial score (nSPS) is 11.4. The summed E-state index contributed by atoms with van der Waals surface area (Å²) < 4.78 is 4.85. The Labute approximate surface area is 113 Å². The van der Waals surface area contributed by atoms with Gasteiger partial charge in [0.15, 0.2) is 0 Å². The van der Waals surface area contributed by atoms with Gasteiger partial charge in [0.05, 0.1) is 19.9 Å². The number of aliphatic hydroxyl groups is 1. The molecule has 0 radical (unpaired) electrons. The minimum absolute atomic E-state index is 0.340. The predicted octanol–water partition coefficient (Wildman–Crippen LogP) is 1.37. The number of rotatable bonds is 9. The zero-order valence-corrected chi connectivity index (χ0v) is 11.3. The van der Waals surface area contributed by atoms with Gasteiger partial charge < -0.3 is 20.6 Å². The van der Waals surface area contributed by atoms with Crippen LogP contribution < -0.4 is 5.32 Å². The van der Waals surface area contributed by atoms with Gasteiger partial charge in [-0.2, -0.15) is 5.06 Å². The molecule has 2 amide bonds. The topological polar surface area (TPSA) is 94.9 Å². The molecular weight excluding hydrogens is 250 g/mol. The van der Waals surface area contributed by atoms with Crippen molar-refractivity contribution < 1.29 is 19.5 Å². The average Bonchev–Trinajstić information content (AvgIpc) is 2.42. The van der Waals surface area contributed by atoms with E-state index in [0.29, 0.717) is 12.4 Å². The van der Waals surface area contributed by atoms with E-state index in [1.165, 1.54) is 25.5 Å². The van der Waals surface area contributed by atoms with E-state index in [1.54, 1.807) is 0 Å². The number of hydrogen-bond donors (Lipinski definition) is 3. The molecule has 0 aliphatic rings. The average molecular weight is 271 g/mol. The number of hydrogen-bond acceptors (Lipinski definition) is 5. The summed E-state index contributed by atoms with van der Waals surface area (Å²) in [5.74, 6) is 0.340. The number of hydroxylamine groups is 2. The molecule has 0 aromatic rings. The molecule has 0 aromatic heterocycles. The van der Waals surface area contributed by atoms with Crippen LogP contribution in [0.1, 0.15) is 19.8 Å². The first kappa shape index (κ1) is 17.1. The molecule has 0 saturated heterocycles. The molecule has 19 heavy (non-hydrogen) atoms. The van der Waals surface area contributed by atoms with Gasteiger partial charge >= 0.3 is 6.03 Å². The Balaban J connectivity index is 4.55. The van der Waals surface area contributed by atoms with Crippen molar-refractivity contribution in [1.82, 2.24) is 10.4 Å². The number of nitrogens with zero attached hydrogens (tertiary/aromatic N) is 1. The minimum atomic E-state index is -0.572. The summed E-state index contributed by atoms with van der Waals surface area (Å²) in [6.45, 7) is 1.93. The van der Waals surface area contributed by atoms with Gasteiger partial charge in [0.25, 0.3) is 0 Å². The number of aliphatic hydroxyl groups excluding tert-OH is 1. The molecule has 108 valence electrons. The molecule has 0 rings (SSSR count). The summed E-state index contributed by atoms with van der Waals surface area (Å²) in [4.78, 5) is 16.8. The van der Waals surface area contributed by atoms with Crippen LogP contribution in [0.5, 0.6) is 0 Å². The Morgan fingerprint density at radius 2 is 2.26 bits per heavy atom. The van der Waals surface area contributed by atoms with Gasteiger partial charge in [-0.25, -0.2) is 4.79 Å². The fourth-order valence-electron chi connectivity index (χ4n) is 1.01. The van der Waals surface area contributed by atoms with Crippen molar-refractivity contribution in [3.63, 3.8) is 0 Å². The number of carbonyl (C=O) groups is 1. The number of methoxy groups -OCH3 is 1. The third kappa shape index (κ3) is 7.96. The van der Waals surface area contributed by atoms with Crippen LogP contribution in [0.25, 0.3) is 0 Å². The second-order valence-corrected chi connectivity index (χ2v) is 3.41. The first-order chi connectivity index (χ1) is 9.19. The van der Waals surface area contributed by atoms with Gasteiger partial charge in [-0.05, 0) is 18.6 Å². The van der Waals surface area contributed by atoms with E-state index in [4.69, 9.17) is 20.1 Å². The molecule has 0 unspecified atom stereocenters. The van der Waals surface area contributed by atoms with Crippen molar-refractivity contribution in [2.75, 3.05) is 20.4 Å². The highest BCUT2D eigenvalue weighted by Gasteiger charge is 2.09. The fraction of sp³-hybridized carbons (Fsp3) is 0.500. The highest BCUT2D eigenvalue weighted by molar-refractivity contribution is 5.74. The summed E-state index contributed by atoms with van der Waals surface area (Å²) >= 11 is 0. The summed E-state index contributed by atoms with van der Waals surface area (Å²) in [5, 5.41) is 18.9. The Bertz CT molecular complexity index is 329. The van der Waals surface area contributed by atoms with Crippen LogP contribution in [-0.2, 0) is 9.57 Å². The molecule has 3 N–H and O–H groups in total. The van der Waals surface area contributed by atoms with E-state index in [0.717, 1.165) is 24.1 Å². The molecule has 0 saturated carbocycles. The van der Waals surface area contributed by atoms with Crippen molar-refractivity contribution in [3.8, 4) is 0 Å². The third-order valence-electron chi connectivity index (χ3n) is 2.02. The number of carbonyl (C=O) groups excluding carboxylic acids is 1. The minimum Gasteiger partial charge on any atom is -0.495 e. The maximum Gasteiger partial charge on any atom is 0.347 e. The van der Waals surface area contributed by atoms with Crippen LogP contribution in [0.4, 0.5) is 4.79 Å². The lowest BCUT2D eigenvalue weighted by Crippen LogP contribution is -2.37. The number of ether oxygens (including phenoxy) is 1. The monoisotopic (exact) mass is 271 g/mol. The number of urea groups is 1. The maximum atomic E-state index is 11.5. The van der Waals surface area contributed by atoms with Crippen LogP contribution in [0.3, 0.4) is 0 Å². The van der Waals surface area contributed by atoms with E-state index >= 15 is 0 Å². The van der Waals surface area contributed by atoms with Crippen LogP contribution in [0.2, 0.25) is 0 Å². The Morgan fingerprint density at radius 1 is 1.53 bits per heavy atom. The summed E-state index contributed by atoms with van der Waals surface area (Å²) in [5.41, 5.74) is 0. The van der Waals surface area contributed by atoms with Gasteiger partial charge in [-0.15, -0.1) is 0 Å². The molecule has 0 aromatic carbocycles. The van der Waals surface area contributed by atoms with E-state index in [2.05, 4.69) is 5.32 Å².